The van der Waals surface area contributed by atoms with Gasteiger partial charge in [-0.25, -0.2) is 0 Å². The Bertz CT molecular complexity index is 183. The van der Waals surface area contributed by atoms with Crippen molar-refractivity contribution in [3.63, 3.8) is 0 Å². The van der Waals surface area contributed by atoms with Crippen molar-refractivity contribution in [3.8, 4) is 0 Å². The zero-order valence-electron chi connectivity index (χ0n) is 9.17. The number of hydrogen-bond acceptors (Lipinski definition) is 1. The van der Waals surface area contributed by atoms with E-state index in [0.717, 1.165) is 23.7 Å². The number of hydrogen-bond donors (Lipinski definition) is 1. The summed E-state index contributed by atoms with van der Waals surface area (Å²) in [4.78, 5) is 0. The molecule has 1 aliphatic heterocycles. The Hall–Kier alpha value is -0.0400. The van der Waals surface area contributed by atoms with E-state index in [-0.39, 0.29) is 0 Å². The second-order valence-corrected chi connectivity index (χ2v) is 5.81. The average molecular weight is 193 g/mol. The van der Waals surface area contributed by atoms with Gasteiger partial charge in [0.25, 0.3) is 0 Å². The van der Waals surface area contributed by atoms with Crippen LogP contribution < -0.4 is 5.32 Å². The maximum atomic E-state index is 3.55. The minimum atomic E-state index is 1.06. The molecule has 2 aliphatic carbocycles. The Kier molecular flexibility index (Phi) is 2.53. The third-order valence-electron chi connectivity index (χ3n) is 5.01. The third-order valence-corrected chi connectivity index (χ3v) is 5.01. The van der Waals surface area contributed by atoms with Gasteiger partial charge < -0.3 is 5.32 Å². The van der Waals surface area contributed by atoms with Gasteiger partial charge in [0.2, 0.25) is 0 Å². The molecule has 0 radical (unpaired) electrons. The minimum Gasteiger partial charge on any atom is -0.316 e. The van der Waals surface area contributed by atoms with Gasteiger partial charge in [-0.2, -0.15) is 0 Å². The molecule has 2 unspecified atom stereocenters. The van der Waals surface area contributed by atoms with Gasteiger partial charge in [0.1, 0.15) is 0 Å². The predicted octanol–water partition coefficient (Wildman–Crippen LogP) is 2.81. The Morgan fingerprint density at radius 3 is 1.93 bits per heavy atom. The Morgan fingerprint density at radius 1 is 0.643 bits per heavy atom. The van der Waals surface area contributed by atoms with E-state index in [4.69, 9.17) is 0 Å². The number of fused-ring (bicyclic) bond motifs is 1. The summed E-state index contributed by atoms with van der Waals surface area (Å²) in [6.45, 7) is 2.65. The maximum absolute atomic E-state index is 3.55. The zero-order chi connectivity index (χ0) is 9.38. The van der Waals surface area contributed by atoms with Crippen molar-refractivity contribution in [1.29, 1.82) is 0 Å². The van der Waals surface area contributed by atoms with Crippen LogP contribution in [-0.2, 0) is 0 Å². The van der Waals surface area contributed by atoms with Gasteiger partial charge in [0.05, 0.1) is 0 Å². The van der Waals surface area contributed by atoms with Crippen molar-refractivity contribution in [2.75, 3.05) is 13.1 Å². The molecule has 0 aromatic carbocycles. The molecule has 2 saturated carbocycles. The van der Waals surface area contributed by atoms with E-state index in [2.05, 4.69) is 5.32 Å². The van der Waals surface area contributed by atoms with Crippen molar-refractivity contribution in [2.24, 2.45) is 23.7 Å². The van der Waals surface area contributed by atoms with E-state index in [1.165, 1.54) is 32.4 Å². The smallest absolute Gasteiger partial charge is 0.00172 e. The highest BCUT2D eigenvalue weighted by molar-refractivity contribution is 4.93. The maximum Gasteiger partial charge on any atom is -0.00172 e. The first-order valence-corrected chi connectivity index (χ1v) is 6.64. The Balaban J connectivity index is 1.59. The fraction of sp³-hybridized carbons (Fsp3) is 1.00. The molecule has 3 rings (SSSR count). The summed E-state index contributed by atoms with van der Waals surface area (Å²) in [5.41, 5.74) is 0. The topological polar surface area (TPSA) is 12.0 Å². The molecule has 1 heteroatoms. The summed E-state index contributed by atoms with van der Waals surface area (Å²) in [5, 5.41) is 3.55. The molecular formula is C13H23N. The standard InChI is InChI=1S/C13H23N/c1-2-4-10(5-3-1)11-6-12-8-14-9-13(12)7-11/h10-14H,1-9H2. The second-order valence-electron chi connectivity index (χ2n) is 5.81. The molecule has 0 aromatic heterocycles. The van der Waals surface area contributed by atoms with E-state index in [1.54, 1.807) is 25.7 Å². The van der Waals surface area contributed by atoms with Crippen molar-refractivity contribution >= 4 is 0 Å². The normalized spacial score (nSPS) is 44.1. The molecule has 0 spiro atoms. The summed E-state index contributed by atoms with van der Waals surface area (Å²) in [6.07, 6.45) is 10.8. The summed E-state index contributed by atoms with van der Waals surface area (Å²) >= 11 is 0. The van der Waals surface area contributed by atoms with Gasteiger partial charge in [0, 0.05) is 0 Å². The van der Waals surface area contributed by atoms with Gasteiger partial charge in [-0.1, -0.05) is 32.1 Å². The lowest BCUT2D eigenvalue weighted by atomic mass is 9.78. The van der Waals surface area contributed by atoms with Crippen molar-refractivity contribution in [1.82, 2.24) is 5.32 Å². The van der Waals surface area contributed by atoms with Crippen LogP contribution >= 0.6 is 0 Å². The molecular weight excluding hydrogens is 170 g/mol. The largest absolute Gasteiger partial charge is 0.316 e. The highest BCUT2D eigenvalue weighted by Gasteiger charge is 2.40. The Labute approximate surface area is 87.7 Å². The lowest BCUT2D eigenvalue weighted by molar-refractivity contribution is 0.241. The molecule has 2 atom stereocenters. The molecule has 0 bridgehead atoms. The molecule has 3 fully saturated rings. The molecule has 3 aliphatic rings. The summed E-state index contributed by atoms with van der Waals surface area (Å²) in [5.74, 6) is 4.35. The first kappa shape index (κ1) is 9.21. The zero-order valence-corrected chi connectivity index (χ0v) is 9.17. The van der Waals surface area contributed by atoms with Crippen LogP contribution in [0.2, 0.25) is 0 Å². The van der Waals surface area contributed by atoms with Gasteiger partial charge >= 0.3 is 0 Å². The van der Waals surface area contributed by atoms with Crippen LogP contribution in [0.5, 0.6) is 0 Å². The van der Waals surface area contributed by atoms with Crippen LogP contribution in [0.15, 0.2) is 0 Å². The first-order chi connectivity index (χ1) is 6.93. The summed E-state index contributed by atoms with van der Waals surface area (Å²) in [7, 11) is 0. The van der Waals surface area contributed by atoms with Gasteiger partial charge in [-0.15, -0.1) is 0 Å². The highest BCUT2D eigenvalue weighted by Crippen LogP contribution is 2.45. The van der Waals surface area contributed by atoms with E-state index in [9.17, 15) is 0 Å². The number of nitrogens with one attached hydrogen (secondary N) is 1. The molecule has 0 amide bonds. The van der Waals surface area contributed by atoms with E-state index < -0.39 is 0 Å². The quantitative estimate of drug-likeness (QED) is 0.675. The molecule has 0 aromatic rings. The Morgan fingerprint density at radius 2 is 1.29 bits per heavy atom. The van der Waals surface area contributed by atoms with Crippen LogP contribution in [-0.4, -0.2) is 13.1 Å². The molecule has 1 saturated heterocycles. The van der Waals surface area contributed by atoms with Gasteiger partial charge in [0.15, 0.2) is 0 Å². The fourth-order valence-corrected chi connectivity index (χ4v) is 4.20. The van der Waals surface area contributed by atoms with E-state index in [0.29, 0.717) is 0 Å². The third kappa shape index (κ3) is 1.60. The van der Waals surface area contributed by atoms with Crippen LogP contribution in [0.25, 0.3) is 0 Å². The molecule has 80 valence electrons. The first-order valence-electron chi connectivity index (χ1n) is 6.64. The highest BCUT2D eigenvalue weighted by atomic mass is 14.9. The van der Waals surface area contributed by atoms with Crippen molar-refractivity contribution < 1.29 is 0 Å². The van der Waals surface area contributed by atoms with Crippen LogP contribution in [0, 0.1) is 23.7 Å². The summed E-state index contributed by atoms with van der Waals surface area (Å²) in [6, 6.07) is 0. The number of rotatable bonds is 1. The van der Waals surface area contributed by atoms with Crippen LogP contribution in [0.1, 0.15) is 44.9 Å². The lowest BCUT2D eigenvalue weighted by Gasteiger charge is -2.27. The monoisotopic (exact) mass is 193 g/mol. The van der Waals surface area contributed by atoms with E-state index >= 15 is 0 Å². The molecule has 14 heavy (non-hydrogen) atoms. The molecule has 1 nitrogen and oxygen atoms in total. The van der Waals surface area contributed by atoms with Crippen molar-refractivity contribution in [3.05, 3.63) is 0 Å². The van der Waals surface area contributed by atoms with Crippen molar-refractivity contribution in [2.45, 2.75) is 44.9 Å². The fourth-order valence-electron chi connectivity index (χ4n) is 4.20. The van der Waals surface area contributed by atoms with Crippen LogP contribution in [0.4, 0.5) is 0 Å². The van der Waals surface area contributed by atoms with Crippen LogP contribution in [0.3, 0.4) is 0 Å². The molecule has 1 heterocycles. The van der Waals surface area contributed by atoms with E-state index in [1.807, 2.05) is 0 Å². The summed E-state index contributed by atoms with van der Waals surface area (Å²) < 4.78 is 0. The lowest BCUT2D eigenvalue weighted by Crippen LogP contribution is -2.19. The second kappa shape index (κ2) is 3.84. The predicted molar refractivity (Wildman–Crippen MR) is 59.1 cm³/mol. The SMILES string of the molecule is C1CCC(C2CC3CNCC3C2)CC1. The van der Waals surface area contributed by atoms with Gasteiger partial charge in [-0.05, 0) is 49.6 Å². The average Bonchev–Trinajstić information content (AvgIpc) is 2.78. The van der Waals surface area contributed by atoms with Gasteiger partial charge in [-0.3, -0.25) is 0 Å². The molecule has 1 N–H and O–H groups in total. The minimum absolute atomic E-state index is 1.06.